The molecule has 3 heterocycles. The van der Waals surface area contributed by atoms with Crippen molar-refractivity contribution in [3.63, 3.8) is 0 Å². The largest absolute Gasteiger partial charge is 0.384 e. The smallest absolute Gasteiger partial charge is 0.229 e. The highest BCUT2D eigenvalue weighted by Crippen LogP contribution is 2.24. The van der Waals surface area contributed by atoms with Crippen molar-refractivity contribution in [3.8, 4) is 6.07 Å². The van der Waals surface area contributed by atoms with Gasteiger partial charge in [-0.2, -0.15) is 10.2 Å². The number of hydrogen-bond donors (Lipinski definition) is 3. The first-order valence-corrected chi connectivity index (χ1v) is 8.95. The summed E-state index contributed by atoms with van der Waals surface area (Å²) in [5.74, 6) is 1.67. The highest BCUT2D eigenvalue weighted by Gasteiger charge is 2.14. The molecule has 3 aromatic rings. The van der Waals surface area contributed by atoms with Crippen LogP contribution < -0.4 is 16.4 Å². The summed E-state index contributed by atoms with van der Waals surface area (Å²) in [7, 11) is 2.12. The number of nitrogens with zero attached hydrogens (tertiary/aromatic N) is 5. The van der Waals surface area contributed by atoms with Gasteiger partial charge in [-0.1, -0.05) is 12.1 Å². The van der Waals surface area contributed by atoms with Crippen molar-refractivity contribution in [1.29, 1.82) is 5.26 Å². The van der Waals surface area contributed by atoms with Crippen LogP contribution >= 0.6 is 0 Å². The molecule has 1 aliphatic heterocycles. The first-order valence-electron chi connectivity index (χ1n) is 8.95. The van der Waals surface area contributed by atoms with Crippen LogP contribution in [0.2, 0.25) is 0 Å². The molecule has 28 heavy (non-hydrogen) atoms. The number of pyridine rings is 1. The van der Waals surface area contributed by atoms with E-state index in [2.05, 4.69) is 55.7 Å². The van der Waals surface area contributed by atoms with Crippen molar-refractivity contribution in [1.82, 2.24) is 19.9 Å². The van der Waals surface area contributed by atoms with Gasteiger partial charge in [0, 0.05) is 18.8 Å². The van der Waals surface area contributed by atoms with Crippen LogP contribution in [0.25, 0.3) is 0 Å². The van der Waals surface area contributed by atoms with Crippen LogP contribution in [0.4, 0.5) is 29.1 Å². The van der Waals surface area contributed by atoms with Gasteiger partial charge in [0.25, 0.3) is 0 Å². The molecule has 1 aliphatic rings. The minimum absolute atomic E-state index is 0.321. The predicted molar refractivity (Wildman–Crippen MR) is 108 cm³/mol. The molecule has 0 saturated heterocycles. The van der Waals surface area contributed by atoms with Gasteiger partial charge in [0.2, 0.25) is 5.95 Å². The third kappa shape index (κ3) is 3.84. The highest BCUT2D eigenvalue weighted by molar-refractivity contribution is 5.64. The maximum Gasteiger partial charge on any atom is 0.229 e. The second kappa shape index (κ2) is 7.50. The van der Waals surface area contributed by atoms with Crippen LogP contribution in [0.5, 0.6) is 0 Å². The number of anilines is 5. The number of nitrogens with two attached hydrogens (primary N) is 1. The molecule has 8 nitrogen and oxygen atoms in total. The summed E-state index contributed by atoms with van der Waals surface area (Å²) in [6.45, 7) is 2.00. The fourth-order valence-electron chi connectivity index (χ4n) is 3.17. The topological polar surface area (TPSA) is 116 Å². The molecule has 0 saturated carbocycles. The van der Waals surface area contributed by atoms with E-state index < -0.39 is 0 Å². The standard InChI is InChI=1S/C20H20N8/c1-28-8-7-13-5-6-16(9-14(13)12-28)24-20-23-11-15(10-21)19(27-20)26-18-4-2-3-17(22)25-18/h2-6,9,11H,7-8,12H2,1H3,(H4,22,23,24,25,26,27). The highest BCUT2D eigenvalue weighted by atomic mass is 15.2. The molecule has 2 aromatic heterocycles. The second-order valence-corrected chi connectivity index (χ2v) is 6.74. The number of benzene rings is 1. The Bertz CT molecular complexity index is 1060. The number of fused-ring (bicyclic) bond motifs is 1. The molecule has 0 radical (unpaired) electrons. The van der Waals surface area contributed by atoms with E-state index in [1.54, 1.807) is 18.2 Å². The van der Waals surface area contributed by atoms with Gasteiger partial charge in [0.05, 0.1) is 6.20 Å². The Morgan fingerprint density at radius 1 is 1.14 bits per heavy atom. The monoisotopic (exact) mass is 372 g/mol. The number of nitrogens with one attached hydrogen (secondary N) is 2. The Hall–Kier alpha value is -3.70. The fourth-order valence-corrected chi connectivity index (χ4v) is 3.17. The van der Waals surface area contributed by atoms with Crippen LogP contribution in [0.15, 0.2) is 42.6 Å². The van der Waals surface area contributed by atoms with Gasteiger partial charge in [0.1, 0.15) is 23.3 Å². The van der Waals surface area contributed by atoms with Gasteiger partial charge in [-0.05, 0) is 48.9 Å². The first kappa shape index (κ1) is 17.7. The van der Waals surface area contributed by atoms with Crippen LogP contribution in [0.1, 0.15) is 16.7 Å². The summed E-state index contributed by atoms with van der Waals surface area (Å²) in [6.07, 6.45) is 2.54. The molecule has 0 bridgehead atoms. The van der Waals surface area contributed by atoms with Crippen LogP contribution in [0.3, 0.4) is 0 Å². The maximum atomic E-state index is 9.35. The third-order valence-corrected chi connectivity index (χ3v) is 4.59. The minimum atomic E-state index is 0.321. The molecule has 0 aliphatic carbocycles. The van der Waals surface area contributed by atoms with Crippen molar-refractivity contribution >= 4 is 29.1 Å². The summed E-state index contributed by atoms with van der Waals surface area (Å²) in [5.41, 5.74) is 9.62. The SMILES string of the molecule is CN1CCc2ccc(Nc3ncc(C#N)c(Nc4cccc(N)n4)n3)cc2C1. The van der Waals surface area contributed by atoms with Gasteiger partial charge in [-0.15, -0.1) is 0 Å². The molecule has 0 atom stereocenters. The molecule has 8 heteroatoms. The zero-order valence-corrected chi connectivity index (χ0v) is 15.5. The molecule has 4 N–H and O–H groups in total. The van der Waals surface area contributed by atoms with E-state index in [1.807, 2.05) is 6.07 Å². The molecule has 0 spiro atoms. The molecule has 0 unspecified atom stereocenters. The van der Waals surface area contributed by atoms with Gasteiger partial charge in [-0.3, -0.25) is 0 Å². The van der Waals surface area contributed by atoms with E-state index in [1.165, 1.54) is 17.3 Å². The molecule has 0 fully saturated rings. The first-order chi connectivity index (χ1) is 13.6. The third-order valence-electron chi connectivity index (χ3n) is 4.59. The van der Waals surface area contributed by atoms with E-state index in [0.29, 0.717) is 29.0 Å². The normalized spacial score (nSPS) is 13.4. The summed E-state index contributed by atoms with van der Waals surface area (Å²) in [6, 6.07) is 13.6. The van der Waals surface area contributed by atoms with Gasteiger partial charge in [-0.25, -0.2) is 9.97 Å². The quantitative estimate of drug-likeness (QED) is 0.640. The summed E-state index contributed by atoms with van der Waals surface area (Å²) < 4.78 is 0. The molecular weight excluding hydrogens is 352 g/mol. The lowest BCUT2D eigenvalue weighted by atomic mass is 9.99. The van der Waals surface area contributed by atoms with Crippen molar-refractivity contribution in [2.24, 2.45) is 0 Å². The van der Waals surface area contributed by atoms with E-state index in [4.69, 9.17) is 5.73 Å². The second-order valence-electron chi connectivity index (χ2n) is 6.74. The van der Waals surface area contributed by atoms with Crippen molar-refractivity contribution in [2.45, 2.75) is 13.0 Å². The van der Waals surface area contributed by atoms with E-state index in [0.717, 1.165) is 25.2 Å². The van der Waals surface area contributed by atoms with Crippen LogP contribution in [0, 0.1) is 11.3 Å². The average molecular weight is 372 g/mol. The molecular formula is C20H20N8. The fraction of sp³-hybridized carbons (Fsp3) is 0.200. The Morgan fingerprint density at radius 2 is 2.04 bits per heavy atom. The lowest BCUT2D eigenvalue weighted by Gasteiger charge is -2.25. The Kier molecular flexibility index (Phi) is 4.74. The number of likely N-dealkylation sites (N-methyl/N-ethyl adjacent to an activating group) is 1. The predicted octanol–water partition coefficient (Wildman–Crippen LogP) is 2.80. The average Bonchev–Trinajstić information content (AvgIpc) is 2.68. The number of nitriles is 1. The number of rotatable bonds is 4. The summed E-state index contributed by atoms with van der Waals surface area (Å²) in [5, 5.41) is 15.6. The number of nitrogen functional groups attached to an aromatic ring is 1. The molecule has 4 rings (SSSR count). The van der Waals surface area contributed by atoms with Crippen LogP contribution in [-0.2, 0) is 13.0 Å². The Labute approximate surface area is 163 Å². The van der Waals surface area contributed by atoms with Gasteiger partial charge < -0.3 is 21.3 Å². The van der Waals surface area contributed by atoms with Crippen LogP contribution in [-0.4, -0.2) is 33.4 Å². The Morgan fingerprint density at radius 3 is 2.86 bits per heavy atom. The van der Waals surface area contributed by atoms with E-state index in [-0.39, 0.29) is 0 Å². The number of aromatic nitrogens is 3. The van der Waals surface area contributed by atoms with Crippen molar-refractivity contribution < 1.29 is 0 Å². The lowest BCUT2D eigenvalue weighted by molar-refractivity contribution is 0.313. The minimum Gasteiger partial charge on any atom is -0.384 e. The van der Waals surface area contributed by atoms with E-state index >= 15 is 0 Å². The van der Waals surface area contributed by atoms with Crippen molar-refractivity contribution in [3.05, 3.63) is 59.3 Å². The lowest BCUT2D eigenvalue weighted by Crippen LogP contribution is -2.26. The summed E-state index contributed by atoms with van der Waals surface area (Å²) >= 11 is 0. The van der Waals surface area contributed by atoms with Gasteiger partial charge in [0.15, 0.2) is 5.82 Å². The van der Waals surface area contributed by atoms with Gasteiger partial charge >= 0.3 is 0 Å². The zero-order valence-electron chi connectivity index (χ0n) is 15.5. The molecule has 0 amide bonds. The number of hydrogen-bond acceptors (Lipinski definition) is 8. The molecule has 1 aromatic carbocycles. The van der Waals surface area contributed by atoms with E-state index in [9.17, 15) is 5.26 Å². The zero-order chi connectivity index (χ0) is 19.5. The summed E-state index contributed by atoms with van der Waals surface area (Å²) in [4.78, 5) is 15.2. The Balaban J connectivity index is 1.59. The maximum absolute atomic E-state index is 9.35. The van der Waals surface area contributed by atoms with Crippen molar-refractivity contribution in [2.75, 3.05) is 30.0 Å². The molecule has 140 valence electrons.